The van der Waals surface area contributed by atoms with Crippen molar-refractivity contribution < 1.29 is 22.7 Å². The van der Waals surface area contributed by atoms with Gasteiger partial charge in [-0.25, -0.2) is 9.97 Å². The van der Waals surface area contributed by atoms with Crippen molar-refractivity contribution in [2.24, 2.45) is 11.8 Å². The largest absolute Gasteiger partial charge is 0.497 e. The monoisotopic (exact) mass is 534 g/mol. The molecule has 0 bridgehead atoms. The lowest BCUT2D eigenvalue weighted by Crippen LogP contribution is -2.42. The molecule has 1 aliphatic carbocycles. The summed E-state index contributed by atoms with van der Waals surface area (Å²) >= 11 is 0. The van der Waals surface area contributed by atoms with E-state index in [0.29, 0.717) is 40.9 Å². The second kappa shape index (κ2) is 11.1. The molecule has 10 heteroatoms. The lowest BCUT2D eigenvalue weighted by atomic mass is 9.95. The Labute approximate surface area is 220 Å². The number of carbonyl (C=O) groups is 1. The zero-order valence-electron chi connectivity index (χ0n) is 20.6. The van der Waals surface area contributed by atoms with Crippen LogP contribution in [0.3, 0.4) is 0 Å². The zero-order chi connectivity index (χ0) is 25.3. The minimum Gasteiger partial charge on any atom is -0.497 e. The Kier molecular flexibility index (Phi) is 8.11. The molecule has 198 valence electrons. The van der Waals surface area contributed by atoms with E-state index in [1.807, 2.05) is 23.1 Å². The smallest absolute Gasteiger partial charge is 0.433 e. The van der Waals surface area contributed by atoms with Crippen molar-refractivity contribution in [2.75, 3.05) is 38.2 Å². The van der Waals surface area contributed by atoms with E-state index >= 15 is 0 Å². The standard InChI is InChI=1S/C27H29F3N4O2.ClH/c1-36-21-4-2-3-20(15-21)26(35)34(16-18-5-6-18)17-19-10-13-33(14-11-19)25-22-7-8-24(27(28,29)30)32-23(22)9-12-31-25;/h2-4,7-9,12,15,18-19H,5-6,10-11,13-14,16-17H2,1H3;1H. The van der Waals surface area contributed by atoms with Gasteiger partial charge in [0.05, 0.1) is 12.6 Å². The lowest BCUT2D eigenvalue weighted by Gasteiger charge is -2.36. The molecule has 1 saturated heterocycles. The van der Waals surface area contributed by atoms with E-state index in [0.717, 1.165) is 51.4 Å². The number of pyridine rings is 2. The molecule has 3 aromatic rings. The quantitative estimate of drug-likeness (QED) is 0.381. The van der Waals surface area contributed by atoms with Gasteiger partial charge in [0, 0.05) is 43.3 Å². The number of hydrogen-bond acceptors (Lipinski definition) is 5. The fraction of sp³-hybridized carbons (Fsp3) is 0.444. The van der Waals surface area contributed by atoms with Crippen LogP contribution in [0.1, 0.15) is 41.7 Å². The van der Waals surface area contributed by atoms with Crippen molar-refractivity contribution in [2.45, 2.75) is 31.9 Å². The average molecular weight is 535 g/mol. The molecule has 0 spiro atoms. The summed E-state index contributed by atoms with van der Waals surface area (Å²) in [5, 5.41) is 0.618. The highest BCUT2D eigenvalue weighted by Gasteiger charge is 2.33. The van der Waals surface area contributed by atoms with Gasteiger partial charge in [0.2, 0.25) is 0 Å². The third-order valence-electron chi connectivity index (χ3n) is 7.06. The number of piperidine rings is 1. The number of ether oxygens (including phenoxy) is 1. The number of methoxy groups -OCH3 is 1. The first-order valence-corrected chi connectivity index (χ1v) is 12.3. The molecular formula is C27H30ClF3N4O2. The summed E-state index contributed by atoms with van der Waals surface area (Å²) in [6, 6.07) is 11.3. The summed E-state index contributed by atoms with van der Waals surface area (Å²) in [4.78, 5) is 25.7. The minimum absolute atomic E-state index is 0. The van der Waals surface area contributed by atoms with Crippen LogP contribution in [0.5, 0.6) is 5.75 Å². The highest BCUT2D eigenvalue weighted by molar-refractivity contribution is 5.94. The van der Waals surface area contributed by atoms with Gasteiger partial charge in [-0.15, -0.1) is 12.4 Å². The first-order valence-electron chi connectivity index (χ1n) is 12.3. The Bertz CT molecular complexity index is 1240. The fourth-order valence-corrected chi connectivity index (χ4v) is 4.88. The average Bonchev–Trinajstić information content (AvgIpc) is 3.71. The van der Waals surface area contributed by atoms with Gasteiger partial charge in [-0.2, -0.15) is 13.2 Å². The Morgan fingerprint density at radius 3 is 2.41 bits per heavy atom. The first kappa shape index (κ1) is 27.0. The number of halogens is 4. The number of hydrogen-bond donors (Lipinski definition) is 0. The van der Waals surface area contributed by atoms with Crippen LogP contribution in [0.4, 0.5) is 19.0 Å². The molecular weight excluding hydrogens is 505 g/mol. The number of aromatic nitrogens is 2. The number of carbonyl (C=O) groups excluding carboxylic acids is 1. The van der Waals surface area contributed by atoms with E-state index in [9.17, 15) is 18.0 Å². The molecule has 2 fully saturated rings. The fourth-order valence-electron chi connectivity index (χ4n) is 4.88. The minimum atomic E-state index is -4.48. The van der Waals surface area contributed by atoms with E-state index in [1.165, 1.54) is 18.3 Å². The van der Waals surface area contributed by atoms with E-state index in [4.69, 9.17) is 4.74 Å². The number of nitrogens with zero attached hydrogens (tertiary/aromatic N) is 4. The maximum absolute atomic E-state index is 13.3. The summed E-state index contributed by atoms with van der Waals surface area (Å²) in [7, 11) is 1.59. The molecule has 1 amide bonds. The Morgan fingerprint density at radius 1 is 1.05 bits per heavy atom. The highest BCUT2D eigenvalue weighted by atomic mass is 35.5. The van der Waals surface area contributed by atoms with E-state index < -0.39 is 11.9 Å². The summed E-state index contributed by atoms with van der Waals surface area (Å²) in [6.07, 6.45) is 1.11. The first-order chi connectivity index (χ1) is 17.3. The second-order valence-electron chi connectivity index (χ2n) is 9.71. The molecule has 3 heterocycles. The van der Waals surface area contributed by atoms with Crippen molar-refractivity contribution in [3.63, 3.8) is 0 Å². The number of benzene rings is 1. The molecule has 0 N–H and O–H groups in total. The van der Waals surface area contributed by atoms with Crippen molar-refractivity contribution in [3.05, 3.63) is 59.9 Å². The van der Waals surface area contributed by atoms with E-state index in [1.54, 1.807) is 13.2 Å². The van der Waals surface area contributed by atoms with Crippen LogP contribution in [0, 0.1) is 11.8 Å². The van der Waals surface area contributed by atoms with Gasteiger partial charge in [0.25, 0.3) is 5.91 Å². The molecule has 1 aromatic carbocycles. The number of alkyl halides is 3. The molecule has 0 unspecified atom stereocenters. The predicted octanol–water partition coefficient (Wildman–Crippen LogP) is 5.85. The number of fused-ring (bicyclic) bond motifs is 1. The summed E-state index contributed by atoms with van der Waals surface area (Å²) in [5.41, 5.74) is 0.0249. The van der Waals surface area contributed by atoms with E-state index in [-0.39, 0.29) is 23.8 Å². The van der Waals surface area contributed by atoms with Gasteiger partial charge < -0.3 is 14.5 Å². The predicted molar refractivity (Wildman–Crippen MR) is 138 cm³/mol. The molecule has 5 rings (SSSR count). The Balaban J connectivity index is 0.00000320. The van der Waals surface area contributed by atoms with Gasteiger partial charge in [-0.3, -0.25) is 4.79 Å². The summed E-state index contributed by atoms with van der Waals surface area (Å²) in [5.74, 6) is 2.29. The van der Waals surface area contributed by atoms with Gasteiger partial charge in [-0.1, -0.05) is 6.07 Å². The zero-order valence-corrected chi connectivity index (χ0v) is 21.4. The molecule has 1 aliphatic heterocycles. The molecule has 6 nitrogen and oxygen atoms in total. The summed E-state index contributed by atoms with van der Waals surface area (Å²) in [6.45, 7) is 2.92. The maximum atomic E-state index is 13.3. The van der Waals surface area contributed by atoms with Crippen LogP contribution in [-0.4, -0.2) is 54.1 Å². The third kappa shape index (κ3) is 6.26. The van der Waals surface area contributed by atoms with Crippen molar-refractivity contribution in [3.8, 4) is 5.75 Å². The molecule has 2 aromatic heterocycles. The Hall–Kier alpha value is -3.07. The number of rotatable bonds is 7. The maximum Gasteiger partial charge on any atom is 0.433 e. The topological polar surface area (TPSA) is 58.6 Å². The van der Waals surface area contributed by atoms with Gasteiger partial charge in [0.15, 0.2) is 0 Å². The lowest BCUT2D eigenvalue weighted by molar-refractivity contribution is -0.140. The van der Waals surface area contributed by atoms with Gasteiger partial charge >= 0.3 is 6.18 Å². The van der Waals surface area contributed by atoms with Gasteiger partial charge in [-0.05, 0) is 73.9 Å². The van der Waals surface area contributed by atoms with Crippen LogP contribution < -0.4 is 9.64 Å². The SMILES string of the molecule is COc1cccc(C(=O)N(CC2CC2)CC2CCN(c3nccc4nc(C(F)(F)F)ccc34)CC2)c1.Cl. The number of amides is 1. The van der Waals surface area contributed by atoms with Crippen LogP contribution in [0.15, 0.2) is 48.7 Å². The van der Waals surface area contributed by atoms with Crippen molar-refractivity contribution in [1.82, 2.24) is 14.9 Å². The van der Waals surface area contributed by atoms with E-state index in [2.05, 4.69) is 14.9 Å². The second-order valence-corrected chi connectivity index (χ2v) is 9.71. The van der Waals surface area contributed by atoms with Gasteiger partial charge in [0.1, 0.15) is 17.3 Å². The summed E-state index contributed by atoms with van der Waals surface area (Å²) < 4.78 is 44.5. The molecule has 1 saturated carbocycles. The highest BCUT2D eigenvalue weighted by Crippen LogP contribution is 2.34. The Morgan fingerprint density at radius 2 is 1.76 bits per heavy atom. The van der Waals surface area contributed by atoms with Crippen molar-refractivity contribution >= 4 is 35.0 Å². The van der Waals surface area contributed by atoms with Crippen LogP contribution >= 0.6 is 12.4 Å². The molecule has 2 aliphatic rings. The molecule has 0 radical (unpaired) electrons. The molecule has 0 atom stereocenters. The normalized spacial score (nSPS) is 16.4. The van der Waals surface area contributed by atoms with Crippen LogP contribution in [-0.2, 0) is 6.18 Å². The van der Waals surface area contributed by atoms with Crippen LogP contribution in [0.2, 0.25) is 0 Å². The molecule has 37 heavy (non-hydrogen) atoms. The third-order valence-corrected chi connectivity index (χ3v) is 7.06. The van der Waals surface area contributed by atoms with Crippen LogP contribution in [0.25, 0.3) is 10.9 Å². The van der Waals surface area contributed by atoms with Crippen molar-refractivity contribution in [1.29, 1.82) is 0 Å². The number of anilines is 1.